The van der Waals surface area contributed by atoms with Crippen molar-refractivity contribution in [2.45, 2.75) is 25.5 Å². The summed E-state index contributed by atoms with van der Waals surface area (Å²) in [5, 5.41) is 5.19. The summed E-state index contributed by atoms with van der Waals surface area (Å²) in [5.74, 6) is -0.781. The quantitative estimate of drug-likeness (QED) is 0.210. The number of nitrogens with zero attached hydrogens (tertiary/aromatic N) is 2. The van der Waals surface area contributed by atoms with Crippen LogP contribution in [0.1, 0.15) is 24.2 Å². The number of para-hydroxylation sites is 1. The van der Waals surface area contributed by atoms with Gasteiger partial charge in [-0.1, -0.05) is 54.2 Å². The molecule has 34 heavy (non-hydrogen) atoms. The van der Waals surface area contributed by atoms with Gasteiger partial charge in [-0.25, -0.2) is 9.78 Å². The number of benzene rings is 2. The summed E-state index contributed by atoms with van der Waals surface area (Å²) in [6.45, 7) is 4.28. The molecule has 0 atom stereocenters. The lowest BCUT2D eigenvalue weighted by atomic mass is 10.1. The molecule has 2 heterocycles. The first kappa shape index (κ1) is 23.7. The van der Waals surface area contributed by atoms with Crippen LogP contribution >= 0.6 is 23.1 Å². The summed E-state index contributed by atoms with van der Waals surface area (Å²) in [5.41, 5.74) is 3.08. The van der Waals surface area contributed by atoms with E-state index in [4.69, 9.17) is 9.72 Å². The molecular weight excluding hydrogens is 470 g/mol. The van der Waals surface area contributed by atoms with Crippen LogP contribution in [-0.4, -0.2) is 33.8 Å². The molecule has 7 nitrogen and oxygen atoms in total. The normalized spacial score (nSPS) is 10.9. The molecule has 0 aliphatic carbocycles. The first-order valence-electron chi connectivity index (χ1n) is 10.8. The van der Waals surface area contributed by atoms with Crippen LogP contribution in [-0.2, 0) is 16.1 Å². The molecule has 1 N–H and O–H groups in total. The lowest BCUT2D eigenvalue weighted by molar-refractivity contribution is -0.113. The number of esters is 1. The van der Waals surface area contributed by atoms with Gasteiger partial charge in [0.15, 0.2) is 5.16 Å². The van der Waals surface area contributed by atoms with E-state index in [2.05, 4.69) is 5.32 Å². The van der Waals surface area contributed by atoms with E-state index >= 15 is 0 Å². The molecule has 4 aromatic rings. The number of carbonyl (C=O) groups is 2. The van der Waals surface area contributed by atoms with Crippen molar-refractivity contribution in [2.24, 2.45) is 0 Å². The number of carbonyl (C=O) groups excluding carboxylic acids is 2. The summed E-state index contributed by atoms with van der Waals surface area (Å²) < 4.78 is 7.24. The van der Waals surface area contributed by atoms with E-state index < -0.39 is 5.97 Å². The Morgan fingerprint density at radius 1 is 1.09 bits per heavy atom. The predicted molar refractivity (Wildman–Crippen MR) is 137 cm³/mol. The molecule has 1 amide bonds. The van der Waals surface area contributed by atoms with E-state index in [9.17, 15) is 14.4 Å². The predicted octanol–water partition coefficient (Wildman–Crippen LogP) is 5.05. The molecule has 0 bridgehead atoms. The number of aromatic nitrogens is 2. The Balaban J connectivity index is 1.59. The number of fused-ring (bicyclic) bond motifs is 1. The monoisotopic (exact) mass is 493 g/mol. The average Bonchev–Trinajstić information content (AvgIpc) is 3.28. The fraction of sp³-hybridized carbons (Fsp3) is 0.200. The molecule has 0 spiro atoms. The minimum Gasteiger partial charge on any atom is -0.462 e. The van der Waals surface area contributed by atoms with E-state index in [0.29, 0.717) is 33.2 Å². The third-order valence-corrected chi connectivity index (χ3v) is 7.01. The van der Waals surface area contributed by atoms with Crippen LogP contribution in [0.3, 0.4) is 0 Å². The number of ether oxygens (including phenoxy) is 1. The van der Waals surface area contributed by atoms with Crippen molar-refractivity contribution in [3.63, 3.8) is 0 Å². The van der Waals surface area contributed by atoms with E-state index in [1.54, 1.807) is 35.8 Å². The van der Waals surface area contributed by atoms with Gasteiger partial charge in [0, 0.05) is 17.5 Å². The third-order valence-electron chi connectivity index (χ3n) is 5.07. The van der Waals surface area contributed by atoms with E-state index in [0.717, 1.165) is 11.1 Å². The zero-order valence-electron chi connectivity index (χ0n) is 18.7. The smallest absolute Gasteiger partial charge is 0.340 e. The molecule has 174 valence electrons. The zero-order chi connectivity index (χ0) is 24.1. The third kappa shape index (κ3) is 4.90. The molecule has 9 heteroatoms. The maximum absolute atomic E-state index is 13.1. The molecule has 0 unspecified atom stereocenters. The van der Waals surface area contributed by atoms with Gasteiger partial charge >= 0.3 is 5.97 Å². The van der Waals surface area contributed by atoms with Crippen molar-refractivity contribution in [3.05, 3.63) is 75.9 Å². The molecule has 0 saturated carbocycles. The number of anilines is 1. The van der Waals surface area contributed by atoms with Gasteiger partial charge in [0.2, 0.25) is 5.91 Å². The van der Waals surface area contributed by atoms with Gasteiger partial charge in [-0.2, -0.15) is 0 Å². The van der Waals surface area contributed by atoms with E-state index in [1.807, 2.05) is 42.6 Å². The molecule has 0 saturated heterocycles. The molecule has 2 aromatic carbocycles. The minimum atomic E-state index is -0.496. The fourth-order valence-electron chi connectivity index (χ4n) is 3.49. The second-order valence-electron chi connectivity index (χ2n) is 7.24. The van der Waals surface area contributed by atoms with Crippen LogP contribution in [0.15, 0.2) is 69.9 Å². The zero-order valence-corrected chi connectivity index (χ0v) is 20.4. The summed E-state index contributed by atoms with van der Waals surface area (Å²) in [4.78, 5) is 42.8. The summed E-state index contributed by atoms with van der Waals surface area (Å²) >= 11 is 2.57. The summed E-state index contributed by atoms with van der Waals surface area (Å²) in [7, 11) is 0. The maximum atomic E-state index is 13.1. The molecule has 2 aromatic heterocycles. The average molecular weight is 494 g/mol. The first-order valence-corrected chi connectivity index (χ1v) is 12.7. The summed E-state index contributed by atoms with van der Waals surface area (Å²) in [6, 6.07) is 16.5. The topological polar surface area (TPSA) is 90.3 Å². The fourth-order valence-corrected chi connectivity index (χ4v) is 5.30. The van der Waals surface area contributed by atoms with Crippen molar-refractivity contribution in [1.82, 2.24) is 9.55 Å². The largest absolute Gasteiger partial charge is 0.462 e. The number of hydrogen-bond acceptors (Lipinski definition) is 7. The van der Waals surface area contributed by atoms with Crippen molar-refractivity contribution in [3.8, 4) is 11.1 Å². The van der Waals surface area contributed by atoms with Crippen molar-refractivity contribution >= 4 is 50.9 Å². The highest BCUT2D eigenvalue weighted by Gasteiger charge is 2.18. The highest BCUT2D eigenvalue weighted by atomic mass is 32.2. The van der Waals surface area contributed by atoms with Gasteiger partial charge in [0.05, 0.1) is 29.1 Å². The number of nitrogens with one attached hydrogen (secondary N) is 1. The van der Waals surface area contributed by atoms with Gasteiger partial charge in [0.25, 0.3) is 5.56 Å². The highest BCUT2D eigenvalue weighted by Crippen LogP contribution is 2.32. The Kier molecular flexibility index (Phi) is 7.44. The second kappa shape index (κ2) is 10.7. The van der Waals surface area contributed by atoms with Crippen LogP contribution < -0.4 is 10.9 Å². The van der Waals surface area contributed by atoms with Crippen LogP contribution in [0.2, 0.25) is 0 Å². The Morgan fingerprint density at radius 2 is 1.82 bits per heavy atom. The first-order chi connectivity index (χ1) is 16.5. The van der Waals surface area contributed by atoms with Gasteiger partial charge in [-0.15, -0.1) is 11.3 Å². The molecule has 0 aliphatic heterocycles. The molecule has 4 rings (SSSR count). The maximum Gasteiger partial charge on any atom is 0.340 e. The number of hydrogen-bond donors (Lipinski definition) is 1. The van der Waals surface area contributed by atoms with Crippen molar-refractivity contribution < 1.29 is 14.3 Å². The second-order valence-corrected chi connectivity index (χ2v) is 9.06. The van der Waals surface area contributed by atoms with Crippen LogP contribution in [0.5, 0.6) is 0 Å². The van der Waals surface area contributed by atoms with Gasteiger partial charge < -0.3 is 10.1 Å². The van der Waals surface area contributed by atoms with Gasteiger partial charge in [-0.05, 0) is 31.5 Å². The van der Waals surface area contributed by atoms with E-state index in [1.165, 1.54) is 23.1 Å². The van der Waals surface area contributed by atoms with Crippen LogP contribution in [0.25, 0.3) is 21.3 Å². The Morgan fingerprint density at radius 3 is 2.56 bits per heavy atom. The lowest BCUT2D eigenvalue weighted by Gasteiger charge is -2.12. The molecule has 0 radical (unpaired) electrons. The van der Waals surface area contributed by atoms with Gasteiger partial charge in [0.1, 0.15) is 4.70 Å². The Bertz CT molecular complexity index is 1400. The molecular formula is C25H23N3O4S2. The van der Waals surface area contributed by atoms with Crippen molar-refractivity contribution in [2.75, 3.05) is 17.7 Å². The van der Waals surface area contributed by atoms with E-state index in [-0.39, 0.29) is 23.8 Å². The standard InChI is InChI=1S/C25H23N3O4S2/c1-3-28-23(30)22-21(18(14-33-22)16-10-6-5-7-11-16)27-25(28)34-15-20(29)26-19-13-9-8-12-17(19)24(31)32-4-2/h5-14H,3-4,15H2,1-2H3,(H,26,29). The molecule has 0 aliphatic rings. The number of amides is 1. The Labute approximate surface area is 204 Å². The van der Waals surface area contributed by atoms with Crippen LogP contribution in [0, 0.1) is 0 Å². The van der Waals surface area contributed by atoms with Crippen LogP contribution in [0.4, 0.5) is 5.69 Å². The number of thiophene rings is 1. The Hall–Kier alpha value is -3.43. The highest BCUT2D eigenvalue weighted by molar-refractivity contribution is 7.99. The lowest BCUT2D eigenvalue weighted by Crippen LogP contribution is -2.23. The SMILES string of the molecule is CCOC(=O)c1ccccc1NC(=O)CSc1nc2c(-c3ccccc3)csc2c(=O)n1CC. The van der Waals surface area contributed by atoms with Crippen molar-refractivity contribution in [1.29, 1.82) is 0 Å². The summed E-state index contributed by atoms with van der Waals surface area (Å²) in [6.07, 6.45) is 0. The van der Waals surface area contributed by atoms with Gasteiger partial charge in [-0.3, -0.25) is 14.2 Å². The number of rotatable bonds is 8. The number of thioether (sulfide) groups is 1. The minimum absolute atomic E-state index is 0.0277. The molecule has 0 fully saturated rings.